The first kappa shape index (κ1) is 14.1. The van der Waals surface area contributed by atoms with E-state index < -0.39 is 0 Å². The zero-order chi connectivity index (χ0) is 14.3. The molecule has 0 aliphatic heterocycles. The standard InChI is InChI=1S/C13H10Cl3N3S/c1-7(14)13-18-11-2-9(15)10(16)3-12(11)19(13)4-8-5-20-6-17-8/h2-3,5-7H,4H2,1H3. The third-order valence-electron chi connectivity index (χ3n) is 2.98. The maximum Gasteiger partial charge on any atom is 0.128 e. The summed E-state index contributed by atoms with van der Waals surface area (Å²) in [5.74, 6) is 0.785. The number of rotatable bonds is 3. The molecule has 0 saturated carbocycles. The van der Waals surface area contributed by atoms with Crippen LogP contribution in [0, 0.1) is 0 Å². The van der Waals surface area contributed by atoms with Crippen LogP contribution < -0.4 is 0 Å². The number of aromatic nitrogens is 3. The number of halogens is 3. The number of thiazole rings is 1. The second-order valence-electron chi connectivity index (χ2n) is 4.41. The molecule has 3 rings (SSSR count). The van der Waals surface area contributed by atoms with Gasteiger partial charge in [-0.1, -0.05) is 23.2 Å². The van der Waals surface area contributed by atoms with Gasteiger partial charge in [-0.2, -0.15) is 0 Å². The molecular weight excluding hydrogens is 337 g/mol. The van der Waals surface area contributed by atoms with E-state index in [9.17, 15) is 0 Å². The van der Waals surface area contributed by atoms with Gasteiger partial charge in [0.05, 0.1) is 44.2 Å². The minimum absolute atomic E-state index is 0.210. The number of nitrogens with zero attached hydrogens (tertiary/aromatic N) is 3. The molecule has 0 fully saturated rings. The Balaban J connectivity index is 2.20. The van der Waals surface area contributed by atoms with Gasteiger partial charge in [-0.15, -0.1) is 22.9 Å². The molecule has 20 heavy (non-hydrogen) atoms. The maximum absolute atomic E-state index is 6.23. The van der Waals surface area contributed by atoms with Crippen LogP contribution in [0.1, 0.15) is 23.8 Å². The van der Waals surface area contributed by atoms with Crippen LogP contribution >= 0.6 is 46.1 Å². The van der Waals surface area contributed by atoms with E-state index in [-0.39, 0.29) is 5.38 Å². The van der Waals surface area contributed by atoms with Gasteiger partial charge in [0.2, 0.25) is 0 Å². The number of alkyl halides is 1. The molecule has 0 spiro atoms. The topological polar surface area (TPSA) is 30.7 Å². The third kappa shape index (κ3) is 2.53. The van der Waals surface area contributed by atoms with Gasteiger partial charge in [0.15, 0.2) is 0 Å². The summed E-state index contributed by atoms with van der Waals surface area (Å²) in [6, 6.07) is 3.58. The molecule has 104 valence electrons. The Morgan fingerprint density at radius 3 is 2.70 bits per heavy atom. The van der Waals surface area contributed by atoms with Crippen molar-refractivity contribution in [2.75, 3.05) is 0 Å². The molecule has 1 unspecified atom stereocenters. The number of hydrogen-bond donors (Lipinski definition) is 0. The van der Waals surface area contributed by atoms with Crippen LogP contribution in [0.25, 0.3) is 11.0 Å². The molecule has 0 amide bonds. The highest BCUT2D eigenvalue weighted by molar-refractivity contribution is 7.07. The van der Waals surface area contributed by atoms with Crippen LogP contribution in [-0.2, 0) is 6.54 Å². The Morgan fingerprint density at radius 2 is 2.05 bits per heavy atom. The Bertz CT molecular complexity index is 750. The summed E-state index contributed by atoms with van der Waals surface area (Å²) < 4.78 is 2.03. The van der Waals surface area contributed by atoms with Gasteiger partial charge in [0, 0.05) is 5.38 Å². The van der Waals surface area contributed by atoms with Gasteiger partial charge in [-0.25, -0.2) is 9.97 Å². The highest BCUT2D eigenvalue weighted by Gasteiger charge is 2.17. The molecule has 2 heterocycles. The molecular formula is C13H10Cl3N3S. The first-order valence-corrected chi connectivity index (χ1v) is 8.06. The van der Waals surface area contributed by atoms with Crippen molar-refractivity contribution in [3.8, 4) is 0 Å². The van der Waals surface area contributed by atoms with Gasteiger partial charge in [-0.05, 0) is 19.1 Å². The highest BCUT2D eigenvalue weighted by Crippen LogP contribution is 2.31. The number of fused-ring (bicyclic) bond motifs is 1. The first-order chi connectivity index (χ1) is 9.56. The molecule has 7 heteroatoms. The van der Waals surface area contributed by atoms with Crippen LogP contribution in [0.5, 0.6) is 0 Å². The normalized spacial score (nSPS) is 13.0. The van der Waals surface area contributed by atoms with Crippen LogP contribution in [0.15, 0.2) is 23.0 Å². The van der Waals surface area contributed by atoms with Crippen LogP contribution in [-0.4, -0.2) is 14.5 Å². The minimum Gasteiger partial charge on any atom is -0.321 e. The Hall–Kier alpha value is -0.810. The maximum atomic E-state index is 6.23. The van der Waals surface area contributed by atoms with E-state index in [1.807, 2.05) is 28.4 Å². The van der Waals surface area contributed by atoms with Crippen molar-refractivity contribution in [2.24, 2.45) is 0 Å². The van der Waals surface area contributed by atoms with Crippen molar-refractivity contribution >= 4 is 57.2 Å². The zero-order valence-electron chi connectivity index (χ0n) is 10.5. The van der Waals surface area contributed by atoms with E-state index in [0.717, 1.165) is 22.6 Å². The molecule has 0 saturated heterocycles. The average molecular weight is 347 g/mol. The number of hydrogen-bond acceptors (Lipinski definition) is 3. The van der Waals surface area contributed by atoms with E-state index in [2.05, 4.69) is 9.97 Å². The van der Waals surface area contributed by atoms with Gasteiger partial charge in [0.25, 0.3) is 0 Å². The molecule has 0 radical (unpaired) electrons. The van der Waals surface area contributed by atoms with Crippen LogP contribution in [0.4, 0.5) is 0 Å². The Kier molecular flexibility index (Phi) is 3.91. The van der Waals surface area contributed by atoms with Gasteiger partial charge < -0.3 is 4.57 Å². The summed E-state index contributed by atoms with van der Waals surface area (Å²) in [6.07, 6.45) is 0. The molecule has 0 aliphatic carbocycles. The van der Waals surface area contributed by atoms with Gasteiger partial charge in [-0.3, -0.25) is 0 Å². The Morgan fingerprint density at radius 1 is 1.30 bits per heavy atom. The summed E-state index contributed by atoms with van der Waals surface area (Å²) in [4.78, 5) is 8.86. The summed E-state index contributed by atoms with van der Waals surface area (Å²) in [5, 5.41) is 2.80. The molecule has 0 N–H and O–H groups in total. The molecule has 0 bridgehead atoms. The van der Waals surface area contributed by atoms with Gasteiger partial charge >= 0.3 is 0 Å². The van der Waals surface area contributed by atoms with Crippen molar-refractivity contribution in [3.05, 3.63) is 44.6 Å². The highest BCUT2D eigenvalue weighted by atomic mass is 35.5. The lowest BCUT2D eigenvalue weighted by Gasteiger charge is -2.09. The number of imidazole rings is 1. The zero-order valence-corrected chi connectivity index (χ0v) is 13.6. The molecule has 2 aromatic heterocycles. The fourth-order valence-electron chi connectivity index (χ4n) is 2.09. The molecule has 3 nitrogen and oxygen atoms in total. The van der Waals surface area contributed by atoms with Crippen molar-refractivity contribution in [1.82, 2.24) is 14.5 Å². The fraction of sp³-hybridized carbons (Fsp3) is 0.231. The average Bonchev–Trinajstić information content (AvgIpc) is 3.00. The number of benzene rings is 1. The van der Waals surface area contributed by atoms with Gasteiger partial charge in [0.1, 0.15) is 5.82 Å². The van der Waals surface area contributed by atoms with Crippen molar-refractivity contribution in [1.29, 1.82) is 0 Å². The minimum atomic E-state index is -0.210. The lowest BCUT2D eigenvalue weighted by molar-refractivity contribution is 0.731. The molecule has 3 aromatic rings. The molecule has 1 atom stereocenters. The molecule has 0 aliphatic rings. The van der Waals surface area contributed by atoms with Crippen molar-refractivity contribution < 1.29 is 0 Å². The quantitative estimate of drug-likeness (QED) is 0.614. The SMILES string of the molecule is CC(Cl)c1nc2cc(Cl)c(Cl)cc2n1Cc1cscn1. The lowest BCUT2D eigenvalue weighted by atomic mass is 10.3. The van der Waals surface area contributed by atoms with Crippen molar-refractivity contribution in [3.63, 3.8) is 0 Å². The van der Waals surface area contributed by atoms with E-state index in [0.29, 0.717) is 16.6 Å². The second kappa shape index (κ2) is 5.53. The van der Waals surface area contributed by atoms with Crippen LogP contribution in [0.2, 0.25) is 10.0 Å². The largest absolute Gasteiger partial charge is 0.321 e. The summed E-state index contributed by atoms with van der Waals surface area (Å²) in [7, 11) is 0. The van der Waals surface area contributed by atoms with Crippen molar-refractivity contribution in [2.45, 2.75) is 18.8 Å². The second-order valence-corrected chi connectivity index (χ2v) is 6.59. The van der Waals surface area contributed by atoms with E-state index in [1.54, 1.807) is 17.4 Å². The van der Waals surface area contributed by atoms with E-state index >= 15 is 0 Å². The monoisotopic (exact) mass is 345 g/mol. The predicted molar refractivity (Wildman–Crippen MR) is 85.2 cm³/mol. The summed E-state index contributed by atoms with van der Waals surface area (Å²) in [5.41, 5.74) is 4.48. The van der Waals surface area contributed by atoms with Crippen LogP contribution in [0.3, 0.4) is 0 Å². The predicted octanol–water partition coefficient (Wildman–Crippen LogP) is 5.15. The van der Waals surface area contributed by atoms with E-state index in [4.69, 9.17) is 34.8 Å². The fourth-order valence-corrected chi connectivity index (χ4v) is 3.12. The van der Waals surface area contributed by atoms with E-state index in [1.165, 1.54) is 0 Å². The Labute approximate surface area is 135 Å². The smallest absolute Gasteiger partial charge is 0.128 e. The first-order valence-electron chi connectivity index (χ1n) is 5.92. The lowest BCUT2D eigenvalue weighted by Crippen LogP contribution is -2.06. The summed E-state index contributed by atoms with van der Waals surface area (Å²) in [6.45, 7) is 2.51. The summed E-state index contributed by atoms with van der Waals surface area (Å²) >= 11 is 20.0. The third-order valence-corrected chi connectivity index (χ3v) is 4.53. The molecule has 1 aromatic carbocycles.